The molecule has 0 aliphatic heterocycles. The molecule has 0 radical (unpaired) electrons. The molecule has 136 valence electrons. The van der Waals surface area contributed by atoms with Crippen molar-refractivity contribution in [2.75, 3.05) is 0 Å². The third kappa shape index (κ3) is 3.68. The number of benzene rings is 2. The van der Waals surface area contributed by atoms with Crippen molar-refractivity contribution in [3.63, 3.8) is 0 Å². The number of nitrogens with zero attached hydrogens (tertiary/aromatic N) is 1. The van der Waals surface area contributed by atoms with E-state index < -0.39 is 27.6 Å². The molecular formula is C17H12F4N2O2S. The molecule has 3 rings (SSSR count). The highest BCUT2D eigenvalue weighted by molar-refractivity contribution is 7.89. The quantitative estimate of drug-likeness (QED) is 0.695. The van der Waals surface area contributed by atoms with Crippen molar-refractivity contribution in [1.29, 1.82) is 0 Å². The van der Waals surface area contributed by atoms with Crippen molar-refractivity contribution in [2.24, 2.45) is 0 Å². The number of nitrogens with one attached hydrogen (secondary N) is 1. The molecule has 1 heterocycles. The van der Waals surface area contributed by atoms with Gasteiger partial charge in [-0.15, -0.1) is 0 Å². The van der Waals surface area contributed by atoms with Crippen LogP contribution in [0.2, 0.25) is 0 Å². The van der Waals surface area contributed by atoms with Gasteiger partial charge in [0.1, 0.15) is 5.82 Å². The van der Waals surface area contributed by atoms with Gasteiger partial charge < -0.3 is 0 Å². The Hall–Kier alpha value is -2.52. The Morgan fingerprint density at radius 3 is 2.35 bits per heavy atom. The Balaban J connectivity index is 1.86. The minimum atomic E-state index is -4.56. The lowest BCUT2D eigenvalue weighted by atomic mass is 10.1. The lowest BCUT2D eigenvalue weighted by Gasteiger charge is -2.11. The molecule has 0 saturated carbocycles. The molecule has 0 aliphatic carbocycles. The summed E-state index contributed by atoms with van der Waals surface area (Å²) < 4.78 is 78.5. The molecule has 3 aromatic rings. The molecule has 1 aromatic heterocycles. The highest BCUT2D eigenvalue weighted by Crippen LogP contribution is 2.29. The minimum absolute atomic E-state index is 0.0542. The van der Waals surface area contributed by atoms with Crippen LogP contribution in [0.25, 0.3) is 10.9 Å². The number of halogens is 4. The number of fused-ring (bicyclic) bond motifs is 1. The van der Waals surface area contributed by atoms with Gasteiger partial charge >= 0.3 is 6.18 Å². The third-order valence-corrected chi connectivity index (χ3v) is 5.17. The summed E-state index contributed by atoms with van der Waals surface area (Å²) >= 11 is 0. The van der Waals surface area contributed by atoms with Crippen LogP contribution in [0.4, 0.5) is 17.6 Å². The van der Waals surface area contributed by atoms with E-state index in [0.29, 0.717) is 23.0 Å². The summed E-state index contributed by atoms with van der Waals surface area (Å²) in [6.07, 6.45) is -3.11. The fourth-order valence-electron chi connectivity index (χ4n) is 2.42. The zero-order valence-electron chi connectivity index (χ0n) is 13.1. The molecule has 0 amide bonds. The normalized spacial score (nSPS) is 12.5. The number of alkyl halides is 3. The van der Waals surface area contributed by atoms with Crippen LogP contribution in [0.15, 0.2) is 59.6 Å². The summed E-state index contributed by atoms with van der Waals surface area (Å²) in [6, 6.07) is 9.14. The largest absolute Gasteiger partial charge is 0.416 e. The van der Waals surface area contributed by atoms with Crippen LogP contribution in [-0.2, 0) is 22.7 Å². The van der Waals surface area contributed by atoms with Gasteiger partial charge in [0.25, 0.3) is 0 Å². The van der Waals surface area contributed by atoms with Gasteiger partial charge in [-0.25, -0.2) is 17.5 Å². The smallest absolute Gasteiger partial charge is 0.256 e. The van der Waals surface area contributed by atoms with Gasteiger partial charge in [0.15, 0.2) is 0 Å². The monoisotopic (exact) mass is 384 g/mol. The summed E-state index contributed by atoms with van der Waals surface area (Å²) in [5, 5.41) is 0.637. The van der Waals surface area contributed by atoms with E-state index in [1.165, 1.54) is 18.3 Å². The second kappa shape index (κ2) is 6.65. The van der Waals surface area contributed by atoms with Crippen molar-refractivity contribution < 1.29 is 26.0 Å². The zero-order valence-corrected chi connectivity index (χ0v) is 13.9. The molecule has 26 heavy (non-hydrogen) atoms. The Labute approximate surface area is 146 Å². The summed E-state index contributed by atoms with van der Waals surface area (Å²) in [4.78, 5) is 3.71. The van der Waals surface area contributed by atoms with E-state index in [9.17, 15) is 26.0 Å². The van der Waals surface area contributed by atoms with Gasteiger partial charge in [-0.2, -0.15) is 13.2 Å². The molecular weight excluding hydrogens is 372 g/mol. The first kappa shape index (κ1) is 18.3. The van der Waals surface area contributed by atoms with Crippen molar-refractivity contribution in [3.8, 4) is 0 Å². The van der Waals surface area contributed by atoms with E-state index in [4.69, 9.17) is 0 Å². The van der Waals surface area contributed by atoms with Gasteiger partial charge in [0.05, 0.1) is 16.0 Å². The van der Waals surface area contributed by atoms with Crippen molar-refractivity contribution in [1.82, 2.24) is 9.71 Å². The van der Waals surface area contributed by atoms with Crippen LogP contribution in [0.3, 0.4) is 0 Å². The van der Waals surface area contributed by atoms with E-state index >= 15 is 0 Å². The van der Waals surface area contributed by atoms with Crippen molar-refractivity contribution >= 4 is 20.9 Å². The zero-order chi connectivity index (χ0) is 18.9. The maximum atomic E-state index is 14.1. The Kier molecular flexibility index (Phi) is 4.68. The third-order valence-electron chi connectivity index (χ3n) is 3.75. The maximum Gasteiger partial charge on any atom is 0.416 e. The van der Waals surface area contributed by atoms with Crippen molar-refractivity contribution in [3.05, 3.63) is 71.7 Å². The first-order valence-corrected chi connectivity index (χ1v) is 8.86. The minimum Gasteiger partial charge on any atom is -0.256 e. The standard InChI is InChI=1S/C17H12F4N2O2S/c18-15-8-3-11-2-1-9-22-16(11)14(15)10-23-26(24,25)13-6-4-12(5-7-13)17(19,20)21/h1-9,23H,10H2. The molecule has 0 spiro atoms. The van der Waals surface area contributed by atoms with Crippen molar-refractivity contribution in [2.45, 2.75) is 17.6 Å². The van der Waals surface area contributed by atoms with E-state index in [-0.39, 0.29) is 17.0 Å². The van der Waals surface area contributed by atoms with Gasteiger partial charge in [-0.1, -0.05) is 6.07 Å². The van der Waals surface area contributed by atoms with E-state index in [0.717, 1.165) is 12.1 Å². The number of rotatable bonds is 4. The fraction of sp³-hybridized carbons (Fsp3) is 0.118. The van der Waals surface area contributed by atoms with Crippen LogP contribution >= 0.6 is 0 Å². The molecule has 0 bridgehead atoms. The summed E-state index contributed by atoms with van der Waals surface area (Å²) in [6.45, 7) is -0.385. The average molecular weight is 384 g/mol. The lowest BCUT2D eigenvalue weighted by Crippen LogP contribution is -2.24. The number of hydrogen-bond acceptors (Lipinski definition) is 3. The lowest BCUT2D eigenvalue weighted by molar-refractivity contribution is -0.137. The number of pyridine rings is 1. The average Bonchev–Trinajstić information content (AvgIpc) is 2.60. The molecule has 0 atom stereocenters. The molecule has 4 nitrogen and oxygen atoms in total. The predicted octanol–water partition coefficient (Wildman–Crippen LogP) is 3.87. The summed E-state index contributed by atoms with van der Waals surface area (Å²) in [5.74, 6) is -0.633. The molecule has 2 aromatic carbocycles. The number of hydrogen-bond donors (Lipinski definition) is 1. The van der Waals surface area contributed by atoms with E-state index in [1.807, 2.05) is 0 Å². The van der Waals surface area contributed by atoms with Crippen LogP contribution in [-0.4, -0.2) is 13.4 Å². The Morgan fingerprint density at radius 2 is 1.69 bits per heavy atom. The van der Waals surface area contributed by atoms with E-state index in [1.54, 1.807) is 12.1 Å². The highest BCUT2D eigenvalue weighted by atomic mass is 32.2. The number of aromatic nitrogens is 1. The molecule has 0 aliphatic rings. The molecule has 0 unspecified atom stereocenters. The van der Waals surface area contributed by atoms with Crippen LogP contribution in [0.1, 0.15) is 11.1 Å². The topological polar surface area (TPSA) is 59.1 Å². The van der Waals surface area contributed by atoms with Gasteiger partial charge in [-0.05, 0) is 42.5 Å². The SMILES string of the molecule is O=S(=O)(NCc1c(F)ccc2cccnc12)c1ccc(C(F)(F)F)cc1. The Morgan fingerprint density at radius 1 is 1.00 bits per heavy atom. The summed E-state index contributed by atoms with van der Waals surface area (Å²) in [7, 11) is -4.12. The predicted molar refractivity (Wildman–Crippen MR) is 87.2 cm³/mol. The van der Waals surface area contributed by atoms with Gasteiger partial charge in [0, 0.05) is 23.7 Å². The molecule has 1 N–H and O–H groups in total. The molecule has 0 fully saturated rings. The first-order chi connectivity index (χ1) is 12.2. The first-order valence-electron chi connectivity index (χ1n) is 7.37. The highest BCUT2D eigenvalue weighted by Gasteiger charge is 2.30. The second-order valence-corrected chi connectivity index (χ2v) is 7.21. The summed E-state index contributed by atoms with van der Waals surface area (Å²) in [5.41, 5.74) is -0.595. The van der Waals surface area contributed by atoms with Crippen LogP contribution in [0.5, 0.6) is 0 Å². The molecule has 9 heteroatoms. The van der Waals surface area contributed by atoms with Crippen LogP contribution < -0.4 is 4.72 Å². The number of sulfonamides is 1. The van der Waals surface area contributed by atoms with E-state index in [2.05, 4.69) is 9.71 Å². The maximum absolute atomic E-state index is 14.1. The van der Waals surface area contributed by atoms with Crippen LogP contribution in [0, 0.1) is 5.82 Å². The second-order valence-electron chi connectivity index (χ2n) is 5.45. The molecule has 0 saturated heterocycles. The fourth-order valence-corrected chi connectivity index (χ4v) is 3.42. The van der Waals surface area contributed by atoms with Gasteiger partial charge in [-0.3, -0.25) is 4.98 Å². The Bertz CT molecular complexity index is 1050. The van der Waals surface area contributed by atoms with Gasteiger partial charge in [0.2, 0.25) is 10.0 Å².